The van der Waals surface area contributed by atoms with Crippen molar-refractivity contribution in [3.63, 3.8) is 0 Å². The molecular weight excluding hydrogens is 558 g/mol. The molecule has 2 saturated carbocycles. The summed E-state index contributed by atoms with van der Waals surface area (Å²) in [7, 11) is 0. The predicted molar refractivity (Wildman–Crippen MR) is 146 cm³/mol. The number of hydrogen-bond acceptors (Lipinski definition) is 3. The molecule has 42 heavy (non-hydrogen) atoms. The lowest BCUT2D eigenvalue weighted by Crippen LogP contribution is -2.37. The minimum atomic E-state index is -3.72. The first kappa shape index (κ1) is 31.2. The Hall–Kier alpha value is -2.26. The van der Waals surface area contributed by atoms with Gasteiger partial charge in [0.25, 0.3) is 0 Å². The van der Waals surface area contributed by atoms with E-state index in [-0.39, 0.29) is 18.8 Å². The summed E-state index contributed by atoms with van der Waals surface area (Å²) < 4.78 is 101. The minimum Gasteiger partial charge on any atom is -0.432 e. The largest absolute Gasteiger partial charge is 0.432 e. The molecule has 1 saturated heterocycles. The average Bonchev–Trinajstić information content (AvgIpc) is 2.99. The van der Waals surface area contributed by atoms with Gasteiger partial charge >= 0.3 is 6.11 Å². The summed E-state index contributed by atoms with van der Waals surface area (Å²) in [6.07, 6.45) is 5.16. The Bertz CT molecular complexity index is 1160. The van der Waals surface area contributed by atoms with Crippen molar-refractivity contribution < 1.29 is 40.6 Å². The van der Waals surface area contributed by atoms with Gasteiger partial charge in [0.05, 0.1) is 19.1 Å². The number of halogens is 6. The number of ether oxygens (including phenoxy) is 3. The van der Waals surface area contributed by atoms with Crippen LogP contribution in [0.15, 0.2) is 30.3 Å². The van der Waals surface area contributed by atoms with Crippen molar-refractivity contribution >= 4 is 0 Å². The van der Waals surface area contributed by atoms with E-state index in [1.807, 2.05) is 0 Å². The van der Waals surface area contributed by atoms with E-state index in [1.165, 1.54) is 51.0 Å². The predicted octanol–water partition coefficient (Wildman–Crippen LogP) is 9.85. The molecule has 3 fully saturated rings. The molecule has 0 unspecified atom stereocenters. The van der Waals surface area contributed by atoms with Gasteiger partial charge in [0.1, 0.15) is 11.6 Å². The zero-order chi connectivity index (χ0) is 29.9. The molecule has 0 N–H and O–H groups in total. The molecule has 5 rings (SSSR count). The highest BCUT2D eigenvalue weighted by Gasteiger charge is 2.44. The number of benzene rings is 2. The quantitative estimate of drug-likeness (QED) is 0.212. The van der Waals surface area contributed by atoms with E-state index in [1.54, 1.807) is 12.1 Å². The molecule has 0 aromatic heterocycles. The molecule has 1 heterocycles. The molecule has 0 spiro atoms. The van der Waals surface area contributed by atoms with Gasteiger partial charge in [-0.25, -0.2) is 17.6 Å². The fraction of sp³-hybridized carbons (Fsp3) is 0.636. The van der Waals surface area contributed by atoms with Crippen molar-refractivity contribution in [2.45, 2.75) is 95.9 Å². The molecule has 3 nitrogen and oxygen atoms in total. The van der Waals surface area contributed by atoms with Crippen LogP contribution in [0.1, 0.15) is 101 Å². The summed E-state index contributed by atoms with van der Waals surface area (Å²) in [5.74, 6) is -5.83. The lowest BCUT2D eigenvalue weighted by molar-refractivity contribution is -0.222. The summed E-state index contributed by atoms with van der Waals surface area (Å²) in [4.78, 5) is 0. The van der Waals surface area contributed by atoms with Crippen LogP contribution in [0.3, 0.4) is 0 Å². The highest BCUT2D eigenvalue weighted by Crippen LogP contribution is 2.44. The first-order chi connectivity index (χ1) is 20.1. The third-order valence-electron chi connectivity index (χ3n) is 9.60. The van der Waals surface area contributed by atoms with Crippen LogP contribution in [0.5, 0.6) is 5.75 Å². The van der Waals surface area contributed by atoms with Crippen LogP contribution in [-0.2, 0) is 9.47 Å². The SMILES string of the molecule is CCCCC1CCC(C2COC(c3ccc(C4CCC(C(F)(F)Oc5cc(F)c(F)c(F)c5)CC4)c(F)c3)OC2)CC1. The van der Waals surface area contributed by atoms with Gasteiger partial charge in [0.15, 0.2) is 23.7 Å². The van der Waals surface area contributed by atoms with Gasteiger partial charge in [-0.2, -0.15) is 8.78 Å². The van der Waals surface area contributed by atoms with Crippen molar-refractivity contribution in [1.82, 2.24) is 0 Å². The first-order valence-corrected chi connectivity index (χ1v) is 15.4. The van der Waals surface area contributed by atoms with E-state index >= 15 is 4.39 Å². The zero-order valence-electron chi connectivity index (χ0n) is 24.0. The minimum absolute atomic E-state index is 0.0295. The highest BCUT2D eigenvalue weighted by molar-refractivity contribution is 5.29. The van der Waals surface area contributed by atoms with Gasteiger partial charge in [-0.3, -0.25) is 0 Å². The highest BCUT2D eigenvalue weighted by atomic mass is 19.3. The van der Waals surface area contributed by atoms with Crippen molar-refractivity contribution in [3.05, 3.63) is 64.7 Å². The van der Waals surface area contributed by atoms with Crippen LogP contribution >= 0.6 is 0 Å². The molecule has 3 aliphatic rings. The van der Waals surface area contributed by atoms with Crippen LogP contribution in [0.4, 0.5) is 26.3 Å². The van der Waals surface area contributed by atoms with Crippen molar-refractivity contribution in [2.75, 3.05) is 13.2 Å². The van der Waals surface area contributed by atoms with Crippen LogP contribution in [0.25, 0.3) is 0 Å². The Morgan fingerprint density at radius 2 is 1.43 bits per heavy atom. The maximum absolute atomic E-state index is 15.2. The topological polar surface area (TPSA) is 27.7 Å². The van der Waals surface area contributed by atoms with Crippen LogP contribution in [-0.4, -0.2) is 19.3 Å². The molecule has 0 bridgehead atoms. The molecule has 2 aliphatic carbocycles. The number of unbranched alkanes of at least 4 members (excludes halogenated alkanes) is 1. The van der Waals surface area contributed by atoms with Gasteiger partial charge in [0.2, 0.25) is 0 Å². The van der Waals surface area contributed by atoms with Gasteiger partial charge in [0, 0.05) is 23.6 Å². The Morgan fingerprint density at radius 3 is 2.02 bits per heavy atom. The molecule has 2 aromatic carbocycles. The maximum atomic E-state index is 15.2. The lowest BCUT2D eigenvalue weighted by atomic mass is 9.74. The van der Waals surface area contributed by atoms with E-state index in [2.05, 4.69) is 11.7 Å². The van der Waals surface area contributed by atoms with Gasteiger partial charge < -0.3 is 14.2 Å². The van der Waals surface area contributed by atoms with E-state index in [4.69, 9.17) is 9.47 Å². The normalized spacial score (nSPS) is 28.9. The monoisotopic (exact) mass is 598 g/mol. The zero-order valence-corrected chi connectivity index (χ0v) is 24.0. The van der Waals surface area contributed by atoms with Crippen LogP contribution < -0.4 is 4.74 Å². The average molecular weight is 599 g/mol. The molecule has 0 radical (unpaired) electrons. The smallest absolute Gasteiger partial charge is 0.400 e. The number of hydrogen-bond donors (Lipinski definition) is 0. The Kier molecular flexibility index (Phi) is 10.1. The summed E-state index contributed by atoms with van der Waals surface area (Å²) in [6, 6.07) is 5.68. The summed E-state index contributed by atoms with van der Waals surface area (Å²) in [5.41, 5.74) is 1.06. The molecular formula is C33H40F6O3. The first-order valence-electron chi connectivity index (χ1n) is 15.4. The molecule has 0 atom stereocenters. The second kappa shape index (κ2) is 13.6. The summed E-state index contributed by atoms with van der Waals surface area (Å²) in [6.45, 7) is 3.42. The second-order valence-corrected chi connectivity index (χ2v) is 12.4. The Balaban J connectivity index is 1.11. The molecule has 9 heteroatoms. The number of rotatable bonds is 9. The third kappa shape index (κ3) is 7.26. The van der Waals surface area contributed by atoms with E-state index < -0.39 is 47.3 Å². The maximum Gasteiger partial charge on any atom is 0.400 e. The Morgan fingerprint density at radius 1 is 0.786 bits per heavy atom. The second-order valence-electron chi connectivity index (χ2n) is 12.4. The van der Waals surface area contributed by atoms with Gasteiger partial charge in [-0.15, -0.1) is 0 Å². The molecule has 2 aromatic rings. The van der Waals surface area contributed by atoms with Crippen LogP contribution in [0, 0.1) is 46.9 Å². The molecule has 1 aliphatic heterocycles. The molecule has 232 valence electrons. The van der Waals surface area contributed by atoms with Crippen molar-refractivity contribution in [2.24, 2.45) is 23.7 Å². The van der Waals surface area contributed by atoms with Crippen molar-refractivity contribution in [3.8, 4) is 5.75 Å². The van der Waals surface area contributed by atoms with E-state index in [9.17, 15) is 22.0 Å². The number of alkyl halides is 2. The van der Waals surface area contributed by atoms with Crippen molar-refractivity contribution in [1.29, 1.82) is 0 Å². The standard InChI is InChI=1S/C33H40F6O3/c1-2-3-4-20-5-7-21(8-6-20)24-18-40-32(41-19-24)23-11-14-27(28(34)15-23)22-9-12-25(13-10-22)33(38,39)42-26-16-29(35)31(37)30(36)17-26/h11,14-17,20-22,24-25,32H,2-10,12-13,18-19H2,1H3. The Labute approximate surface area is 243 Å². The molecule has 0 amide bonds. The summed E-state index contributed by atoms with van der Waals surface area (Å²) >= 11 is 0. The fourth-order valence-electron chi connectivity index (χ4n) is 7.02. The lowest BCUT2D eigenvalue weighted by Gasteiger charge is -2.38. The fourth-order valence-corrected chi connectivity index (χ4v) is 7.02. The third-order valence-corrected chi connectivity index (χ3v) is 9.60. The van der Waals surface area contributed by atoms with E-state index in [0.29, 0.717) is 61.2 Å². The van der Waals surface area contributed by atoms with E-state index in [0.717, 1.165) is 5.92 Å². The van der Waals surface area contributed by atoms with Gasteiger partial charge in [-0.1, -0.05) is 51.2 Å². The summed E-state index contributed by atoms with van der Waals surface area (Å²) in [5, 5.41) is 0. The van der Waals surface area contributed by atoms with Crippen LogP contribution in [0.2, 0.25) is 0 Å². The van der Waals surface area contributed by atoms with Gasteiger partial charge in [-0.05, 0) is 67.9 Å².